The Balaban J connectivity index is 1.22. The lowest BCUT2D eigenvalue weighted by Gasteiger charge is -2.32. The van der Waals surface area contributed by atoms with Gasteiger partial charge in [0.1, 0.15) is 17.3 Å². The summed E-state index contributed by atoms with van der Waals surface area (Å²) >= 11 is 0. The molecule has 174 valence electrons. The first-order chi connectivity index (χ1) is 15.5. The highest BCUT2D eigenvalue weighted by molar-refractivity contribution is 5.94. The number of nitrogen functional groups attached to an aromatic ring is 1. The lowest BCUT2D eigenvalue weighted by molar-refractivity contribution is 0.161. The van der Waals surface area contributed by atoms with Gasteiger partial charge >= 0.3 is 0 Å². The van der Waals surface area contributed by atoms with Gasteiger partial charge in [-0.05, 0) is 93.1 Å². The first-order valence-corrected chi connectivity index (χ1v) is 11.5. The normalized spacial score (nSPS) is 15.1. The van der Waals surface area contributed by atoms with Crippen molar-refractivity contribution in [2.45, 2.75) is 38.3 Å². The summed E-state index contributed by atoms with van der Waals surface area (Å²) in [5.41, 5.74) is 18.4. The van der Waals surface area contributed by atoms with Crippen molar-refractivity contribution in [3.05, 3.63) is 59.7 Å². The average Bonchev–Trinajstić information content (AvgIpc) is 2.81. The van der Waals surface area contributed by atoms with Crippen LogP contribution in [0.25, 0.3) is 0 Å². The molecule has 0 aliphatic carbocycles. The summed E-state index contributed by atoms with van der Waals surface area (Å²) in [6, 6.07) is 15.1. The van der Waals surface area contributed by atoms with Gasteiger partial charge in [-0.2, -0.15) is 0 Å². The molecule has 0 saturated carbocycles. The minimum atomic E-state index is -0.437. The van der Waals surface area contributed by atoms with Crippen molar-refractivity contribution in [2.24, 2.45) is 23.1 Å². The molecule has 1 aliphatic heterocycles. The Morgan fingerprint density at radius 2 is 1.47 bits per heavy atom. The Morgan fingerprint density at radius 1 is 0.906 bits per heavy atom. The molecule has 2 aromatic rings. The SMILES string of the molecule is N=C(N)c1ccc(OCCCN2CCC(CCCOc3ccc(C(N)N)cc3)CC2)cc1. The molecular weight excluding hydrogens is 402 g/mol. The first kappa shape index (κ1) is 24.0. The van der Waals surface area contributed by atoms with Crippen LogP contribution in [0, 0.1) is 11.3 Å². The molecule has 1 saturated heterocycles. The molecule has 7 nitrogen and oxygen atoms in total. The molecule has 1 fully saturated rings. The smallest absolute Gasteiger partial charge is 0.122 e. The number of nitrogens with two attached hydrogens (primary N) is 3. The van der Waals surface area contributed by atoms with Crippen molar-refractivity contribution in [1.82, 2.24) is 4.90 Å². The first-order valence-electron chi connectivity index (χ1n) is 11.5. The molecule has 1 heterocycles. The van der Waals surface area contributed by atoms with Crippen LogP contribution in [0.4, 0.5) is 0 Å². The van der Waals surface area contributed by atoms with Gasteiger partial charge < -0.3 is 31.6 Å². The molecule has 32 heavy (non-hydrogen) atoms. The van der Waals surface area contributed by atoms with Gasteiger partial charge in [-0.25, -0.2) is 0 Å². The number of hydrogen-bond acceptors (Lipinski definition) is 6. The maximum Gasteiger partial charge on any atom is 0.122 e. The Labute approximate surface area is 191 Å². The molecule has 0 atom stereocenters. The van der Waals surface area contributed by atoms with Crippen LogP contribution in [-0.2, 0) is 0 Å². The standard InChI is InChI=1S/C25H37N5O2/c26-24(27)20-4-8-22(9-5-20)31-17-1-3-19-12-15-30(16-13-19)14-2-18-32-23-10-6-21(7-11-23)25(28)29/h4-11,19,24H,1-3,12-18,26-27H2,(H3,28,29). The molecule has 7 N–H and O–H groups in total. The zero-order chi connectivity index (χ0) is 22.8. The number of amidine groups is 1. The molecule has 0 unspecified atom stereocenters. The van der Waals surface area contributed by atoms with Crippen LogP contribution in [0.5, 0.6) is 11.5 Å². The molecule has 1 aliphatic rings. The van der Waals surface area contributed by atoms with Crippen molar-refractivity contribution < 1.29 is 9.47 Å². The summed E-state index contributed by atoms with van der Waals surface area (Å²) in [6.07, 6.45) is 5.40. The molecule has 0 radical (unpaired) electrons. The quantitative estimate of drug-likeness (QED) is 0.174. The Hall–Kier alpha value is -2.61. The van der Waals surface area contributed by atoms with E-state index in [9.17, 15) is 0 Å². The molecule has 0 aromatic heterocycles. The van der Waals surface area contributed by atoms with E-state index >= 15 is 0 Å². The van der Waals surface area contributed by atoms with Crippen molar-refractivity contribution in [3.8, 4) is 11.5 Å². The van der Waals surface area contributed by atoms with E-state index in [2.05, 4.69) is 4.90 Å². The van der Waals surface area contributed by atoms with Crippen LogP contribution in [0.2, 0.25) is 0 Å². The number of hydrogen-bond donors (Lipinski definition) is 4. The summed E-state index contributed by atoms with van der Waals surface area (Å²) in [5.74, 6) is 2.58. The summed E-state index contributed by atoms with van der Waals surface area (Å²) in [7, 11) is 0. The second kappa shape index (κ2) is 12.4. The third-order valence-electron chi connectivity index (χ3n) is 6.05. The van der Waals surface area contributed by atoms with Gasteiger partial charge in [-0.3, -0.25) is 5.41 Å². The van der Waals surface area contributed by atoms with E-state index in [1.807, 2.05) is 48.5 Å². The van der Waals surface area contributed by atoms with Crippen LogP contribution in [-0.4, -0.2) is 43.6 Å². The molecule has 3 rings (SSSR count). The van der Waals surface area contributed by atoms with E-state index < -0.39 is 6.17 Å². The molecule has 0 amide bonds. The zero-order valence-electron chi connectivity index (χ0n) is 18.8. The summed E-state index contributed by atoms with van der Waals surface area (Å²) in [4.78, 5) is 2.54. The average molecular weight is 440 g/mol. The van der Waals surface area contributed by atoms with E-state index in [1.54, 1.807) is 0 Å². The number of rotatable bonds is 12. The van der Waals surface area contributed by atoms with Crippen molar-refractivity contribution >= 4 is 5.84 Å². The maximum atomic E-state index is 7.42. The molecular formula is C25H37N5O2. The summed E-state index contributed by atoms with van der Waals surface area (Å²) < 4.78 is 11.7. The number of ether oxygens (including phenoxy) is 2. The number of piperidine rings is 1. The highest BCUT2D eigenvalue weighted by Gasteiger charge is 2.18. The lowest BCUT2D eigenvalue weighted by atomic mass is 9.92. The molecule has 2 aromatic carbocycles. The van der Waals surface area contributed by atoms with Crippen LogP contribution in [0.1, 0.15) is 49.4 Å². The largest absolute Gasteiger partial charge is 0.494 e. The fourth-order valence-corrected chi connectivity index (χ4v) is 4.06. The minimum Gasteiger partial charge on any atom is -0.494 e. The van der Waals surface area contributed by atoms with Crippen molar-refractivity contribution in [1.29, 1.82) is 5.41 Å². The number of benzene rings is 2. The van der Waals surface area contributed by atoms with Gasteiger partial charge in [0.2, 0.25) is 0 Å². The van der Waals surface area contributed by atoms with Crippen molar-refractivity contribution in [3.63, 3.8) is 0 Å². The van der Waals surface area contributed by atoms with E-state index in [0.717, 1.165) is 54.5 Å². The summed E-state index contributed by atoms with van der Waals surface area (Å²) in [6.45, 7) is 4.86. The van der Waals surface area contributed by atoms with Crippen molar-refractivity contribution in [2.75, 3.05) is 32.8 Å². The van der Waals surface area contributed by atoms with Gasteiger partial charge in [-0.1, -0.05) is 12.1 Å². The Bertz CT molecular complexity index is 815. The lowest BCUT2D eigenvalue weighted by Crippen LogP contribution is -2.35. The minimum absolute atomic E-state index is 0.0794. The van der Waals surface area contributed by atoms with E-state index in [4.69, 9.17) is 32.1 Å². The molecule has 7 heteroatoms. The monoisotopic (exact) mass is 439 g/mol. The highest BCUT2D eigenvalue weighted by atomic mass is 16.5. The van der Waals surface area contributed by atoms with Crippen LogP contribution in [0.15, 0.2) is 48.5 Å². The van der Waals surface area contributed by atoms with Crippen LogP contribution >= 0.6 is 0 Å². The fraction of sp³-hybridized carbons (Fsp3) is 0.480. The Kier molecular flexibility index (Phi) is 9.34. The summed E-state index contributed by atoms with van der Waals surface area (Å²) in [5, 5.41) is 7.42. The third kappa shape index (κ3) is 7.82. The van der Waals surface area contributed by atoms with Gasteiger partial charge in [0.05, 0.1) is 19.4 Å². The van der Waals surface area contributed by atoms with Gasteiger partial charge in [0.15, 0.2) is 0 Å². The van der Waals surface area contributed by atoms with Crippen LogP contribution in [0.3, 0.4) is 0 Å². The second-order valence-electron chi connectivity index (χ2n) is 8.51. The van der Waals surface area contributed by atoms with E-state index in [0.29, 0.717) is 6.61 Å². The van der Waals surface area contributed by atoms with Crippen LogP contribution < -0.4 is 26.7 Å². The highest BCUT2D eigenvalue weighted by Crippen LogP contribution is 2.23. The molecule has 0 bridgehead atoms. The van der Waals surface area contributed by atoms with Gasteiger partial charge in [0, 0.05) is 12.1 Å². The van der Waals surface area contributed by atoms with E-state index in [-0.39, 0.29) is 5.84 Å². The molecule has 0 spiro atoms. The topological polar surface area (TPSA) is 124 Å². The number of likely N-dealkylation sites (tertiary alicyclic amines) is 1. The zero-order valence-corrected chi connectivity index (χ0v) is 18.8. The number of nitrogens with one attached hydrogen (secondary N) is 1. The van der Waals surface area contributed by atoms with E-state index in [1.165, 1.54) is 32.4 Å². The fourth-order valence-electron chi connectivity index (χ4n) is 4.06. The predicted molar refractivity (Wildman–Crippen MR) is 129 cm³/mol. The third-order valence-corrected chi connectivity index (χ3v) is 6.05. The predicted octanol–water partition coefficient (Wildman–Crippen LogP) is 3.23. The number of nitrogens with zero attached hydrogens (tertiary/aromatic N) is 1. The van der Waals surface area contributed by atoms with Gasteiger partial charge in [-0.15, -0.1) is 0 Å². The maximum absolute atomic E-state index is 7.42. The Morgan fingerprint density at radius 3 is 2.03 bits per heavy atom. The second-order valence-corrected chi connectivity index (χ2v) is 8.51. The van der Waals surface area contributed by atoms with Gasteiger partial charge in [0.25, 0.3) is 0 Å².